The van der Waals surface area contributed by atoms with Crippen molar-refractivity contribution in [3.8, 4) is 11.1 Å². The van der Waals surface area contributed by atoms with Crippen molar-refractivity contribution in [1.82, 2.24) is 14.1 Å². The molecule has 11 heteroatoms. The zero-order valence-electron chi connectivity index (χ0n) is 18.9. The van der Waals surface area contributed by atoms with Crippen molar-refractivity contribution in [3.05, 3.63) is 71.5 Å². The molecule has 2 aromatic carbocycles. The molecule has 1 atom stereocenters. The van der Waals surface area contributed by atoms with E-state index in [9.17, 15) is 26.4 Å². The highest BCUT2D eigenvalue weighted by Crippen LogP contribution is 2.37. The number of halogens is 3. The molecule has 0 aliphatic heterocycles. The lowest BCUT2D eigenvalue weighted by molar-refractivity contribution is -0.138. The Labute approximate surface area is 200 Å². The van der Waals surface area contributed by atoms with Crippen molar-refractivity contribution in [2.45, 2.75) is 49.3 Å². The van der Waals surface area contributed by atoms with E-state index < -0.39 is 33.8 Å². The fourth-order valence-electron chi connectivity index (χ4n) is 4.40. The van der Waals surface area contributed by atoms with Crippen molar-refractivity contribution in [2.75, 3.05) is 7.05 Å². The quantitative estimate of drug-likeness (QED) is 0.499. The number of carboxylic acids is 1. The first kappa shape index (κ1) is 24.9. The second-order valence-corrected chi connectivity index (χ2v) is 10.4. The molecule has 0 fully saturated rings. The lowest BCUT2D eigenvalue weighted by Crippen LogP contribution is -2.33. The predicted molar refractivity (Wildman–Crippen MR) is 122 cm³/mol. The molecule has 1 aliphatic carbocycles. The van der Waals surface area contributed by atoms with Crippen LogP contribution in [-0.2, 0) is 34.0 Å². The van der Waals surface area contributed by atoms with Crippen LogP contribution in [0.25, 0.3) is 11.1 Å². The van der Waals surface area contributed by atoms with Crippen LogP contribution < -0.4 is 0 Å². The largest absolute Gasteiger partial charge is 0.481 e. The summed E-state index contributed by atoms with van der Waals surface area (Å²) in [6, 6.07) is 10.2. The van der Waals surface area contributed by atoms with Crippen molar-refractivity contribution >= 4 is 16.0 Å². The number of hydrogen-bond acceptors (Lipinski definition) is 4. The predicted octanol–water partition coefficient (Wildman–Crippen LogP) is 4.74. The Hall–Kier alpha value is -3.18. The topological polar surface area (TPSA) is 92.5 Å². The fraction of sp³-hybridized carbons (Fsp3) is 0.333. The number of benzene rings is 2. The second-order valence-electron chi connectivity index (χ2n) is 8.45. The average molecular weight is 508 g/mol. The van der Waals surface area contributed by atoms with Gasteiger partial charge >= 0.3 is 12.1 Å². The highest BCUT2D eigenvalue weighted by Gasteiger charge is 2.34. The molecule has 1 heterocycles. The number of aliphatic carboxylic acids is 1. The first-order chi connectivity index (χ1) is 16.5. The molecule has 1 aromatic heterocycles. The minimum atomic E-state index is -4.47. The molecule has 0 saturated carbocycles. The average Bonchev–Trinajstić information content (AvgIpc) is 3.25. The number of carbonyl (C=O) groups is 1. The molecule has 0 amide bonds. The molecule has 35 heavy (non-hydrogen) atoms. The summed E-state index contributed by atoms with van der Waals surface area (Å²) in [5.41, 5.74) is 1.63. The van der Waals surface area contributed by atoms with Gasteiger partial charge in [-0.1, -0.05) is 24.3 Å². The van der Waals surface area contributed by atoms with Crippen LogP contribution in [0.3, 0.4) is 0 Å². The Morgan fingerprint density at radius 3 is 2.54 bits per heavy atom. The van der Waals surface area contributed by atoms with Crippen LogP contribution in [-0.4, -0.2) is 40.6 Å². The zero-order chi connectivity index (χ0) is 25.4. The number of fused-ring (bicyclic) bond motifs is 1. The molecular formula is C24H24F3N3O4S. The lowest BCUT2D eigenvalue weighted by atomic mass is 9.93. The zero-order valence-corrected chi connectivity index (χ0v) is 19.7. The summed E-state index contributed by atoms with van der Waals surface area (Å²) in [6.45, 7) is 0.213. The van der Waals surface area contributed by atoms with Gasteiger partial charge in [-0.25, -0.2) is 8.42 Å². The lowest BCUT2D eigenvalue weighted by Gasteiger charge is -2.31. The van der Waals surface area contributed by atoms with Crippen LogP contribution in [0.2, 0.25) is 0 Å². The van der Waals surface area contributed by atoms with Crippen molar-refractivity contribution in [3.63, 3.8) is 0 Å². The monoisotopic (exact) mass is 507 g/mol. The Bertz CT molecular complexity index is 1330. The van der Waals surface area contributed by atoms with Gasteiger partial charge in [0.1, 0.15) is 0 Å². The highest BCUT2D eigenvalue weighted by molar-refractivity contribution is 7.89. The molecule has 1 aliphatic rings. The van der Waals surface area contributed by atoms with E-state index in [2.05, 4.69) is 5.10 Å². The van der Waals surface area contributed by atoms with E-state index in [1.54, 1.807) is 10.9 Å². The molecule has 4 rings (SSSR count). The molecule has 186 valence electrons. The number of sulfonamides is 1. The fourth-order valence-corrected chi connectivity index (χ4v) is 5.76. The Balaban J connectivity index is 1.58. The van der Waals surface area contributed by atoms with E-state index in [4.69, 9.17) is 5.11 Å². The molecule has 1 unspecified atom stereocenters. The van der Waals surface area contributed by atoms with Gasteiger partial charge in [-0.05, 0) is 54.7 Å². The van der Waals surface area contributed by atoms with E-state index in [1.165, 1.54) is 47.8 Å². The third-order valence-corrected chi connectivity index (χ3v) is 8.14. The molecule has 1 N–H and O–H groups in total. The summed E-state index contributed by atoms with van der Waals surface area (Å²) >= 11 is 0. The van der Waals surface area contributed by atoms with E-state index in [0.29, 0.717) is 24.0 Å². The summed E-state index contributed by atoms with van der Waals surface area (Å²) < 4.78 is 68.8. The first-order valence-electron chi connectivity index (χ1n) is 11.0. The number of nitrogens with zero attached hydrogens (tertiary/aromatic N) is 3. The Kier molecular flexibility index (Phi) is 6.74. The molecule has 0 radical (unpaired) electrons. The van der Waals surface area contributed by atoms with E-state index >= 15 is 0 Å². The van der Waals surface area contributed by atoms with Crippen LogP contribution in [0.4, 0.5) is 13.2 Å². The van der Waals surface area contributed by atoms with Crippen LogP contribution in [0.5, 0.6) is 0 Å². The second kappa shape index (κ2) is 9.46. The third kappa shape index (κ3) is 5.10. The Morgan fingerprint density at radius 1 is 1.17 bits per heavy atom. The number of aromatic nitrogens is 2. The van der Waals surface area contributed by atoms with Gasteiger partial charge in [-0.2, -0.15) is 22.6 Å². The highest BCUT2D eigenvalue weighted by atomic mass is 32.2. The van der Waals surface area contributed by atoms with Gasteiger partial charge in [0, 0.05) is 18.3 Å². The molecule has 0 bridgehead atoms. The Morgan fingerprint density at radius 2 is 1.89 bits per heavy atom. The molecular weight excluding hydrogens is 483 g/mol. The summed E-state index contributed by atoms with van der Waals surface area (Å²) in [5.74, 6) is -0.935. The number of rotatable bonds is 7. The maximum atomic E-state index is 13.4. The van der Waals surface area contributed by atoms with Crippen LogP contribution in [0.15, 0.2) is 59.6 Å². The van der Waals surface area contributed by atoms with Gasteiger partial charge in [0.15, 0.2) is 0 Å². The minimum absolute atomic E-state index is 0.0288. The van der Waals surface area contributed by atoms with Gasteiger partial charge in [0.25, 0.3) is 0 Å². The first-order valence-corrected chi connectivity index (χ1v) is 12.4. The van der Waals surface area contributed by atoms with Gasteiger partial charge in [-0.3, -0.25) is 9.48 Å². The maximum Gasteiger partial charge on any atom is 0.416 e. The summed E-state index contributed by atoms with van der Waals surface area (Å²) in [6.07, 6.45) is -0.942. The van der Waals surface area contributed by atoms with Crippen molar-refractivity contribution < 1.29 is 31.5 Å². The van der Waals surface area contributed by atoms with Crippen molar-refractivity contribution in [2.24, 2.45) is 0 Å². The standard InChI is InChI=1S/C24H24F3N3O4S/c1-29(21-6-3-7-22-20(21)15-28-30(22)13-12-23(31)32)35(33,34)19-10-8-16(9-11-19)17-4-2-5-18(14-17)24(25,26)27/h2,4-5,8-11,14-15,21H,3,6-7,12-13H2,1H3,(H,31,32). The van der Waals surface area contributed by atoms with E-state index in [1.807, 2.05) is 0 Å². The molecule has 7 nitrogen and oxygen atoms in total. The SMILES string of the molecule is CN(C1CCCc2c1cnn2CCC(=O)O)S(=O)(=O)c1ccc(-c2cccc(C(F)(F)F)c2)cc1. The summed E-state index contributed by atoms with van der Waals surface area (Å²) in [4.78, 5) is 10.9. The van der Waals surface area contributed by atoms with Gasteiger partial charge in [-0.15, -0.1) is 0 Å². The van der Waals surface area contributed by atoms with E-state index in [0.717, 1.165) is 29.8 Å². The summed E-state index contributed by atoms with van der Waals surface area (Å²) in [5, 5.41) is 13.2. The van der Waals surface area contributed by atoms with Crippen LogP contribution in [0, 0.1) is 0 Å². The van der Waals surface area contributed by atoms with Gasteiger partial charge < -0.3 is 5.11 Å². The van der Waals surface area contributed by atoms with Gasteiger partial charge in [0.2, 0.25) is 10.0 Å². The maximum absolute atomic E-state index is 13.4. The minimum Gasteiger partial charge on any atom is -0.481 e. The number of aryl methyl sites for hydroxylation is 1. The van der Waals surface area contributed by atoms with Crippen molar-refractivity contribution in [1.29, 1.82) is 0 Å². The normalized spacial score (nSPS) is 16.3. The molecule has 3 aromatic rings. The summed E-state index contributed by atoms with van der Waals surface area (Å²) in [7, 11) is -2.42. The van der Waals surface area contributed by atoms with E-state index in [-0.39, 0.29) is 17.9 Å². The number of hydrogen-bond donors (Lipinski definition) is 1. The number of alkyl halides is 3. The molecule has 0 spiro atoms. The number of carboxylic acid groups (broad SMARTS) is 1. The van der Waals surface area contributed by atoms with Crippen LogP contribution >= 0.6 is 0 Å². The van der Waals surface area contributed by atoms with Gasteiger partial charge in [0.05, 0.1) is 35.7 Å². The third-order valence-electron chi connectivity index (χ3n) is 6.26. The smallest absolute Gasteiger partial charge is 0.416 e. The molecule has 0 saturated heterocycles. The van der Waals surface area contributed by atoms with Crippen LogP contribution in [0.1, 0.15) is 42.1 Å².